The zero-order valence-corrected chi connectivity index (χ0v) is 9.33. The van der Waals surface area contributed by atoms with E-state index in [1.165, 1.54) is 0 Å². The van der Waals surface area contributed by atoms with Gasteiger partial charge in [0.1, 0.15) is 0 Å². The van der Waals surface area contributed by atoms with Crippen molar-refractivity contribution >= 4 is 17.7 Å². The van der Waals surface area contributed by atoms with Crippen molar-refractivity contribution in [2.24, 2.45) is 5.92 Å². The lowest BCUT2D eigenvalue weighted by Gasteiger charge is -2.26. The molecule has 1 aliphatic rings. The summed E-state index contributed by atoms with van der Waals surface area (Å²) in [6.07, 6.45) is 2.65. The van der Waals surface area contributed by atoms with Crippen molar-refractivity contribution in [3.05, 3.63) is 24.0 Å². The number of aliphatic carboxylic acids is 1. The number of carboxylic acid groups (broad SMARTS) is 1. The van der Waals surface area contributed by atoms with Gasteiger partial charge in [0.2, 0.25) is 0 Å². The second-order valence-electron chi connectivity index (χ2n) is 3.76. The van der Waals surface area contributed by atoms with Crippen LogP contribution in [0.5, 0.6) is 0 Å². The van der Waals surface area contributed by atoms with Gasteiger partial charge in [0, 0.05) is 17.0 Å². The molecule has 1 aromatic rings. The molecule has 3 nitrogen and oxygen atoms in total. The molecule has 0 aliphatic carbocycles. The predicted octanol–water partition coefficient (Wildman–Crippen LogP) is 2.38. The third-order valence-corrected chi connectivity index (χ3v) is 3.93. The molecule has 0 saturated heterocycles. The molecule has 0 bridgehead atoms. The minimum Gasteiger partial charge on any atom is -0.481 e. The van der Waals surface area contributed by atoms with Gasteiger partial charge in [-0.15, -0.1) is 11.8 Å². The van der Waals surface area contributed by atoms with Crippen molar-refractivity contribution in [1.29, 1.82) is 0 Å². The summed E-state index contributed by atoms with van der Waals surface area (Å²) in [4.78, 5) is 16.4. The summed E-state index contributed by atoms with van der Waals surface area (Å²) in [6, 6.07) is 3.92. The number of thioether (sulfide) groups is 1. The first kappa shape index (κ1) is 10.5. The van der Waals surface area contributed by atoms with Gasteiger partial charge in [0.25, 0.3) is 0 Å². The number of carbonyl (C=O) groups is 1. The molecule has 1 aromatic heterocycles. The molecule has 2 rings (SSSR count). The summed E-state index contributed by atoms with van der Waals surface area (Å²) < 4.78 is 0. The third-order valence-electron chi connectivity index (χ3n) is 2.83. The number of hydrogen-bond donors (Lipinski definition) is 1. The maximum atomic E-state index is 11.0. The summed E-state index contributed by atoms with van der Waals surface area (Å²) in [7, 11) is 0. The van der Waals surface area contributed by atoms with E-state index in [-0.39, 0.29) is 11.8 Å². The zero-order valence-electron chi connectivity index (χ0n) is 8.51. The fourth-order valence-corrected chi connectivity index (χ4v) is 3.01. The molecular formula is C11H13NO2S. The second-order valence-corrected chi connectivity index (χ2v) is 4.89. The highest BCUT2D eigenvalue weighted by Gasteiger charge is 2.30. The maximum absolute atomic E-state index is 11.0. The molecule has 0 fully saturated rings. The van der Waals surface area contributed by atoms with E-state index < -0.39 is 5.97 Å². The number of aromatic nitrogens is 1. The van der Waals surface area contributed by atoms with Gasteiger partial charge in [-0.05, 0) is 24.3 Å². The van der Waals surface area contributed by atoms with Crippen LogP contribution in [0.1, 0.15) is 25.0 Å². The third kappa shape index (κ3) is 2.00. The lowest BCUT2D eigenvalue weighted by molar-refractivity contribution is -0.142. The first-order valence-corrected chi connectivity index (χ1v) is 5.99. The minimum absolute atomic E-state index is 0.0694. The fourth-order valence-electron chi connectivity index (χ4n) is 1.89. The van der Waals surface area contributed by atoms with Crippen LogP contribution in [0, 0.1) is 5.92 Å². The van der Waals surface area contributed by atoms with E-state index in [4.69, 9.17) is 5.11 Å². The van der Waals surface area contributed by atoms with E-state index >= 15 is 0 Å². The van der Waals surface area contributed by atoms with Crippen LogP contribution in [0.25, 0.3) is 0 Å². The Morgan fingerprint density at radius 3 is 3.27 bits per heavy atom. The molecule has 2 heterocycles. The lowest BCUT2D eigenvalue weighted by Crippen LogP contribution is -2.23. The maximum Gasteiger partial charge on any atom is 0.306 e. The van der Waals surface area contributed by atoms with Gasteiger partial charge in [-0.3, -0.25) is 9.78 Å². The molecule has 1 aliphatic heterocycles. The molecular weight excluding hydrogens is 210 g/mol. The van der Waals surface area contributed by atoms with E-state index in [1.54, 1.807) is 24.9 Å². The largest absolute Gasteiger partial charge is 0.481 e. The molecule has 2 unspecified atom stereocenters. The van der Waals surface area contributed by atoms with Gasteiger partial charge in [-0.25, -0.2) is 0 Å². The molecule has 0 amide bonds. The Morgan fingerprint density at radius 1 is 1.73 bits per heavy atom. The Balaban J connectivity index is 2.33. The SMILES string of the molecule is CC(C(=O)O)C1CCSc2cccnc21. The molecule has 0 radical (unpaired) electrons. The highest BCUT2D eigenvalue weighted by atomic mass is 32.2. The smallest absolute Gasteiger partial charge is 0.306 e. The fraction of sp³-hybridized carbons (Fsp3) is 0.455. The van der Waals surface area contributed by atoms with Crippen LogP contribution in [0.4, 0.5) is 0 Å². The van der Waals surface area contributed by atoms with Gasteiger partial charge in [-0.2, -0.15) is 0 Å². The van der Waals surface area contributed by atoms with Crippen LogP contribution in [0.2, 0.25) is 0 Å². The van der Waals surface area contributed by atoms with Crippen molar-refractivity contribution < 1.29 is 9.90 Å². The number of carboxylic acids is 1. The normalized spacial score (nSPS) is 21.8. The van der Waals surface area contributed by atoms with Crippen LogP contribution in [0.15, 0.2) is 23.2 Å². The number of hydrogen-bond acceptors (Lipinski definition) is 3. The lowest BCUT2D eigenvalue weighted by atomic mass is 9.88. The molecule has 0 aromatic carbocycles. The second kappa shape index (κ2) is 4.23. The van der Waals surface area contributed by atoms with Crippen LogP contribution in [0.3, 0.4) is 0 Å². The Hall–Kier alpha value is -1.03. The van der Waals surface area contributed by atoms with Gasteiger partial charge < -0.3 is 5.11 Å². The highest BCUT2D eigenvalue weighted by molar-refractivity contribution is 7.99. The monoisotopic (exact) mass is 223 g/mol. The van der Waals surface area contributed by atoms with Crippen molar-refractivity contribution in [1.82, 2.24) is 4.98 Å². The van der Waals surface area contributed by atoms with Crippen molar-refractivity contribution in [2.45, 2.75) is 24.2 Å². The summed E-state index contributed by atoms with van der Waals surface area (Å²) >= 11 is 1.77. The van der Waals surface area contributed by atoms with Crippen LogP contribution in [-0.2, 0) is 4.79 Å². The van der Waals surface area contributed by atoms with Gasteiger partial charge >= 0.3 is 5.97 Å². The van der Waals surface area contributed by atoms with Crippen LogP contribution < -0.4 is 0 Å². The van der Waals surface area contributed by atoms with Gasteiger partial charge in [-0.1, -0.05) is 6.92 Å². The summed E-state index contributed by atoms with van der Waals surface area (Å²) in [5.41, 5.74) is 0.962. The number of fused-ring (bicyclic) bond motifs is 1. The molecule has 4 heteroatoms. The number of nitrogens with zero attached hydrogens (tertiary/aromatic N) is 1. The van der Waals surface area contributed by atoms with Crippen molar-refractivity contribution in [3.8, 4) is 0 Å². The Kier molecular flexibility index (Phi) is 2.95. The topological polar surface area (TPSA) is 50.2 Å². The molecule has 0 saturated carbocycles. The number of pyridine rings is 1. The first-order valence-electron chi connectivity index (χ1n) is 5.00. The van der Waals surface area contributed by atoms with Crippen molar-refractivity contribution in [2.75, 3.05) is 5.75 Å². The Morgan fingerprint density at radius 2 is 2.53 bits per heavy atom. The summed E-state index contributed by atoms with van der Waals surface area (Å²) in [5.74, 6) is -0.0240. The van der Waals surface area contributed by atoms with Crippen molar-refractivity contribution in [3.63, 3.8) is 0 Å². The quantitative estimate of drug-likeness (QED) is 0.836. The molecule has 1 N–H and O–H groups in total. The van der Waals surface area contributed by atoms with Gasteiger partial charge in [0.05, 0.1) is 11.6 Å². The minimum atomic E-state index is -0.733. The Bertz CT molecular complexity index is 381. The van der Waals surface area contributed by atoms with E-state index in [1.807, 2.05) is 12.1 Å². The molecule has 2 atom stereocenters. The first-order chi connectivity index (χ1) is 7.20. The summed E-state index contributed by atoms with van der Waals surface area (Å²) in [5, 5.41) is 9.03. The van der Waals surface area contributed by atoms with E-state index in [9.17, 15) is 4.79 Å². The highest BCUT2D eigenvalue weighted by Crippen LogP contribution is 2.39. The Labute approximate surface area is 92.9 Å². The van der Waals surface area contributed by atoms with Crippen LogP contribution >= 0.6 is 11.8 Å². The zero-order chi connectivity index (χ0) is 10.8. The summed E-state index contributed by atoms with van der Waals surface area (Å²) in [6.45, 7) is 1.77. The average Bonchev–Trinajstić information content (AvgIpc) is 2.27. The van der Waals surface area contributed by atoms with E-state index in [0.717, 1.165) is 22.8 Å². The van der Waals surface area contributed by atoms with E-state index in [0.29, 0.717) is 0 Å². The van der Waals surface area contributed by atoms with E-state index in [2.05, 4.69) is 4.98 Å². The average molecular weight is 223 g/mol. The van der Waals surface area contributed by atoms with Gasteiger partial charge in [0.15, 0.2) is 0 Å². The number of rotatable bonds is 2. The molecule has 80 valence electrons. The standard InChI is InChI=1S/C11H13NO2S/c1-7(11(13)14)8-4-6-15-9-3-2-5-12-10(8)9/h2-3,5,7-8H,4,6H2,1H3,(H,13,14). The molecule has 0 spiro atoms. The molecule has 15 heavy (non-hydrogen) atoms. The van der Waals surface area contributed by atoms with Crippen LogP contribution in [-0.4, -0.2) is 21.8 Å². The predicted molar refractivity (Wildman–Crippen MR) is 59.1 cm³/mol.